The lowest BCUT2D eigenvalue weighted by Crippen LogP contribution is -2.37. The van der Waals surface area contributed by atoms with Gasteiger partial charge in [0.05, 0.1) is 5.92 Å². The number of ether oxygens (including phenoxy) is 1. The lowest BCUT2D eigenvalue weighted by Gasteiger charge is -2.10. The van der Waals surface area contributed by atoms with Gasteiger partial charge in [0.25, 0.3) is 0 Å². The van der Waals surface area contributed by atoms with Gasteiger partial charge in [-0.25, -0.2) is 0 Å². The fraction of sp³-hybridized carbons (Fsp3) is 0.875. The van der Waals surface area contributed by atoms with Crippen LogP contribution >= 0.6 is 0 Å². The second-order valence-electron chi connectivity index (χ2n) is 3.32. The van der Waals surface area contributed by atoms with Crippen molar-refractivity contribution in [1.29, 1.82) is 0 Å². The molecule has 2 atom stereocenters. The Kier molecular flexibility index (Phi) is 1.42. The van der Waals surface area contributed by atoms with Crippen LogP contribution in [0.25, 0.3) is 0 Å². The summed E-state index contributed by atoms with van der Waals surface area (Å²) in [5, 5.41) is 10.0. The molecule has 2 fully saturated rings. The predicted octanol–water partition coefficient (Wildman–Crippen LogP) is 0.240. The number of fused-ring (bicyclic) bond motifs is 1. The molecule has 1 saturated heterocycles. The Balaban J connectivity index is 2.30. The molecule has 0 aromatic rings. The average molecular weight is 157 g/mol. The van der Waals surface area contributed by atoms with Gasteiger partial charge in [-0.05, 0) is 19.3 Å². The second-order valence-corrected chi connectivity index (χ2v) is 3.32. The molecule has 0 bridgehead atoms. The highest BCUT2D eigenvalue weighted by atomic mass is 16.6. The summed E-state index contributed by atoms with van der Waals surface area (Å²) in [5.74, 6) is 0.706. The van der Waals surface area contributed by atoms with E-state index in [0.717, 1.165) is 19.3 Å². The number of carbonyl (C=O) groups excluding carboxylic acids is 1. The molecular formula is C8H13O3+. The maximum Gasteiger partial charge on any atom is 0.518 e. The summed E-state index contributed by atoms with van der Waals surface area (Å²) in [6.07, 6.45) is 2.93. The molecule has 1 heterocycles. The number of cyclic esters (lactones) is 1. The minimum Gasteiger partial charge on any atom is -0.373 e. The first-order valence-electron chi connectivity index (χ1n) is 4.04. The van der Waals surface area contributed by atoms with Gasteiger partial charge in [-0.2, -0.15) is 0 Å². The van der Waals surface area contributed by atoms with E-state index in [9.17, 15) is 5.11 Å². The van der Waals surface area contributed by atoms with Gasteiger partial charge < -0.3 is 14.3 Å². The SMILES string of the molecule is C[O+]=C1OC[C@H]2CCC[C@@]12O. The van der Waals surface area contributed by atoms with Gasteiger partial charge in [-0.3, -0.25) is 0 Å². The summed E-state index contributed by atoms with van der Waals surface area (Å²) in [5.41, 5.74) is -0.755. The van der Waals surface area contributed by atoms with E-state index in [2.05, 4.69) is 0 Å². The van der Waals surface area contributed by atoms with Crippen molar-refractivity contribution >= 4 is 5.97 Å². The zero-order valence-corrected chi connectivity index (χ0v) is 6.67. The summed E-state index contributed by atoms with van der Waals surface area (Å²) in [6, 6.07) is 0. The van der Waals surface area contributed by atoms with Crippen LogP contribution in [0.3, 0.4) is 0 Å². The standard InChI is InChI=1S/C8H13O3/c1-10-7-8(9)4-2-3-6(8)5-11-7/h6,9H,2-5H2,1H3/q+1/t6-,8+/m1/s1. The van der Waals surface area contributed by atoms with E-state index in [1.54, 1.807) is 7.11 Å². The highest BCUT2D eigenvalue weighted by Gasteiger charge is 2.60. The summed E-state index contributed by atoms with van der Waals surface area (Å²) in [7, 11) is 1.55. The number of aliphatic hydroxyl groups is 1. The van der Waals surface area contributed by atoms with E-state index in [1.807, 2.05) is 0 Å². The van der Waals surface area contributed by atoms with Crippen molar-refractivity contribution in [2.24, 2.45) is 5.92 Å². The third-order valence-corrected chi connectivity index (χ3v) is 2.74. The summed E-state index contributed by atoms with van der Waals surface area (Å²) in [4.78, 5) is 0. The minimum absolute atomic E-state index is 0.275. The van der Waals surface area contributed by atoms with Crippen LogP contribution in [0.5, 0.6) is 0 Å². The summed E-state index contributed by atoms with van der Waals surface area (Å²) in [6.45, 7) is 0.625. The Morgan fingerprint density at radius 1 is 1.73 bits per heavy atom. The van der Waals surface area contributed by atoms with Crippen molar-refractivity contribution in [3.63, 3.8) is 0 Å². The Morgan fingerprint density at radius 3 is 3.27 bits per heavy atom. The monoisotopic (exact) mass is 157 g/mol. The summed E-state index contributed by atoms with van der Waals surface area (Å²) >= 11 is 0. The molecule has 1 N–H and O–H groups in total. The Labute approximate surface area is 65.7 Å². The topological polar surface area (TPSA) is 40.8 Å². The quantitative estimate of drug-likeness (QED) is 0.404. The fourth-order valence-corrected chi connectivity index (χ4v) is 2.09. The normalized spacial score (nSPS) is 46.0. The van der Waals surface area contributed by atoms with E-state index >= 15 is 0 Å². The minimum atomic E-state index is -0.755. The molecule has 2 rings (SSSR count). The molecular weight excluding hydrogens is 144 g/mol. The van der Waals surface area contributed by atoms with E-state index in [1.165, 1.54) is 0 Å². The predicted molar refractivity (Wildman–Crippen MR) is 39.2 cm³/mol. The maximum absolute atomic E-state index is 10.0. The maximum atomic E-state index is 10.0. The van der Waals surface area contributed by atoms with Crippen molar-refractivity contribution in [2.75, 3.05) is 13.7 Å². The molecule has 3 nitrogen and oxygen atoms in total. The number of hydrogen-bond donors (Lipinski definition) is 1. The molecule has 0 radical (unpaired) electrons. The van der Waals surface area contributed by atoms with Crippen molar-refractivity contribution in [2.45, 2.75) is 24.9 Å². The third kappa shape index (κ3) is 0.805. The van der Waals surface area contributed by atoms with E-state index < -0.39 is 5.60 Å². The Hall–Kier alpha value is -0.570. The highest BCUT2D eigenvalue weighted by Crippen LogP contribution is 2.41. The summed E-state index contributed by atoms with van der Waals surface area (Å²) < 4.78 is 10.2. The fourth-order valence-electron chi connectivity index (χ4n) is 2.09. The molecule has 0 unspecified atom stereocenters. The van der Waals surface area contributed by atoms with Gasteiger partial charge >= 0.3 is 5.97 Å². The Morgan fingerprint density at radius 2 is 2.55 bits per heavy atom. The lowest BCUT2D eigenvalue weighted by atomic mass is 9.94. The van der Waals surface area contributed by atoms with E-state index in [0.29, 0.717) is 12.6 Å². The van der Waals surface area contributed by atoms with Crippen LogP contribution in [0.15, 0.2) is 0 Å². The number of hydrogen-bond acceptors (Lipinski definition) is 2. The molecule has 2 aliphatic rings. The van der Waals surface area contributed by atoms with Crippen molar-refractivity contribution in [1.82, 2.24) is 0 Å². The molecule has 0 aromatic heterocycles. The molecule has 1 aliphatic carbocycles. The highest BCUT2D eigenvalue weighted by molar-refractivity contribution is 5.82. The number of rotatable bonds is 0. The van der Waals surface area contributed by atoms with Gasteiger partial charge in [0.2, 0.25) is 5.60 Å². The first-order chi connectivity index (χ1) is 5.27. The van der Waals surface area contributed by atoms with Crippen LogP contribution in [0, 0.1) is 5.92 Å². The van der Waals surface area contributed by atoms with Crippen LogP contribution < -0.4 is 0 Å². The molecule has 1 saturated carbocycles. The smallest absolute Gasteiger partial charge is 0.373 e. The lowest BCUT2D eigenvalue weighted by molar-refractivity contribution is -0.436. The van der Waals surface area contributed by atoms with Gasteiger partial charge in [-0.1, -0.05) is 0 Å². The molecule has 0 amide bonds. The third-order valence-electron chi connectivity index (χ3n) is 2.74. The zero-order chi connectivity index (χ0) is 7.90. The molecule has 1 aliphatic heterocycles. The molecule has 0 aromatic carbocycles. The van der Waals surface area contributed by atoms with Crippen LogP contribution in [-0.2, 0) is 9.16 Å². The van der Waals surface area contributed by atoms with Crippen molar-refractivity contribution in [3.8, 4) is 0 Å². The van der Waals surface area contributed by atoms with Gasteiger partial charge in [0.1, 0.15) is 0 Å². The van der Waals surface area contributed by atoms with Gasteiger partial charge in [0, 0.05) is 0 Å². The number of esters is 1. The van der Waals surface area contributed by atoms with Crippen molar-refractivity contribution < 1.29 is 14.3 Å². The molecule has 62 valence electrons. The first-order valence-corrected chi connectivity index (χ1v) is 4.04. The van der Waals surface area contributed by atoms with E-state index in [-0.39, 0.29) is 5.92 Å². The zero-order valence-electron chi connectivity index (χ0n) is 6.67. The Bertz CT molecular complexity index is 200. The largest absolute Gasteiger partial charge is 0.518 e. The van der Waals surface area contributed by atoms with Gasteiger partial charge in [0.15, 0.2) is 13.7 Å². The molecule has 0 spiro atoms. The molecule has 11 heavy (non-hydrogen) atoms. The van der Waals surface area contributed by atoms with Crippen LogP contribution in [-0.4, -0.2) is 30.4 Å². The molecule has 3 heteroatoms. The van der Waals surface area contributed by atoms with Crippen LogP contribution in [0.1, 0.15) is 19.3 Å². The van der Waals surface area contributed by atoms with E-state index in [4.69, 9.17) is 9.16 Å². The first kappa shape index (κ1) is 7.10. The van der Waals surface area contributed by atoms with Crippen LogP contribution in [0.2, 0.25) is 0 Å². The van der Waals surface area contributed by atoms with Crippen LogP contribution in [0.4, 0.5) is 0 Å². The van der Waals surface area contributed by atoms with Crippen molar-refractivity contribution in [3.05, 3.63) is 0 Å². The van der Waals surface area contributed by atoms with Gasteiger partial charge in [-0.15, -0.1) is 0 Å². The second kappa shape index (κ2) is 2.21. The average Bonchev–Trinajstić information content (AvgIpc) is 2.44.